The van der Waals surface area contributed by atoms with Crippen molar-refractivity contribution in [1.29, 1.82) is 0 Å². The van der Waals surface area contributed by atoms with Gasteiger partial charge in [-0.05, 0) is 44.3 Å². The molecule has 5 heteroatoms. The zero-order chi connectivity index (χ0) is 16.2. The number of anilines is 1. The zero-order valence-electron chi connectivity index (χ0n) is 13.8. The number of aryl methyl sites for hydroxylation is 2. The molecule has 1 aromatic heterocycles. The monoisotopic (exact) mass is 312 g/mol. The van der Waals surface area contributed by atoms with Crippen molar-refractivity contribution in [3.05, 3.63) is 47.7 Å². The highest BCUT2D eigenvalue weighted by atomic mass is 16.2. The number of carbonyl (C=O) groups excluding carboxylic acids is 1. The molecular weight excluding hydrogens is 288 g/mol. The Morgan fingerprint density at radius 2 is 1.96 bits per heavy atom. The van der Waals surface area contributed by atoms with Gasteiger partial charge in [0.25, 0.3) is 0 Å². The lowest BCUT2D eigenvalue weighted by Gasteiger charge is -2.31. The minimum atomic E-state index is 0.0335. The molecule has 1 aromatic carbocycles. The van der Waals surface area contributed by atoms with Crippen LogP contribution in [0.4, 0.5) is 5.82 Å². The van der Waals surface area contributed by atoms with Crippen molar-refractivity contribution in [2.24, 2.45) is 7.05 Å². The first-order chi connectivity index (χ1) is 11.1. The molecule has 2 heterocycles. The first-order valence-electron chi connectivity index (χ1n) is 8.19. The van der Waals surface area contributed by atoms with Gasteiger partial charge in [-0.3, -0.25) is 14.4 Å². The number of aromatic nitrogens is 2. The number of amides is 1. The average Bonchev–Trinajstić information content (AvgIpc) is 2.86. The number of nitrogens with zero attached hydrogens (tertiary/aromatic N) is 3. The Kier molecular flexibility index (Phi) is 4.76. The van der Waals surface area contributed by atoms with Crippen LogP contribution in [0.15, 0.2) is 36.4 Å². The van der Waals surface area contributed by atoms with E-state index < -0.39 is 0 Å². The van der Waals surface area contributed by atoms with Gasteiger partial charge in [-0.2, -0.15) is 5.10 Å². The Balaban J connectivity index is 1.49. The molecular formula is C18H24N4O. The second-order valence-corrected chi connectivity index (χ2v) is 6.30. The summed E-state index contributed by atoms with van der Waals surface area (Å²) in [6, 6.07) is 12.6. The Hall–Kier alpha value is -2.14. The fourth-order valence-corrected chi connectivity index (χ4v) is 3.26. The molecule has 1 amide bonds. The third-order valence-corrected chi connectivity index (χ3v) is 4.50. The van der Waals surface area contributed by atoms with Crippen LogP contribution in [0, 0.1) is 6.92 Å². The van der Waals surface area contributed by atoms with Crippen molar-refractivity contribution in [2.45, 2.75) is 25.7 Å². The van der Waals surface area contributed by atoms with Gasteiger partial charge in [-0.15, -0.1) is 0 Å². The Morgan fingerprint density at radius 1 is 1.26 bits per heavy atom. The minimum Gasteiger partial charge on any atom is -0.310 e. The Bertz CT molecular complexity index is 657. The van der Waals surface area contributed by atoms with E-state index in [1.807, 2.05) is 20.0 Å². The average molecular weight is 312 g/mol. The van der Waals surface area contributed by atoms with Crippen molar-refractivity contribution in [3.8, 4) is 0 Å². The third kappa shape index (κ3) is 3.99. The van der Waals surface area contributed by atoms with Crippen LogP contribution in [-0.4, -0.2) is 40.2 Å². The first-order valence-corrected chi connectivity index (χ1v) is 8.19. The summed E-state index contributed by atoms with van der Waals surface area (Å²) in [6.07, 6.45) is 2.23. The molecule has 1 aliphatic rings. The largest absolute Gasteiger partial charge is 0.310 e. The van der Waals surface area contributed by atoms with Crippen LogP contribution in [0.5, 0.6) is 0 Å². The molecule has 5 nitrogen and oxygen atoms in total. The van der Waals surface area contributed by atoms with Gasteiger partial charge >= 0.3 is 0 Å². The maximum atomic E-state index is 12.2. The van der Waals surface area contributed by atoms with Crippen molar-refractivity contribution >= 4 is 11.7 Å². The molecule has 0 bridgehead atoms. The second-order valence-electron chi connectivity index (χ2n) is 6.30. The highest BCUT2D eigenvalue weighted by Crippen LogP contribution is 2.27. The summed E-state index contributed by atoms with van der Waals surface area (Å²) in [4.78, 5) is 14.4. The van der Waals surface area contributed by atoms with Crippen LogP contribution >= 0.6 is 0 Å². The van der Waals surface area contributed by atoms with Crippen molar-refractivity contribution < 1.29 is 4.79 Å². The first kappa shape index (κ1) is 15.7. The van der Waals surface area contributed by atoms with Gasteiger partial charge in [0.15, 0.2) is 0 Å². The maximum absolute atomic E-state index is 12.2. The van der Waals surface area contributed by atoms with Gasteiger partial charge in [0, 0.05) is 13.1 Å². The summed E-state index contributed by atoms with van der Waals surface area (Å²) in [5, 5.41) is 7.18. The lowest BCUT2D eigenvalue weighted by Crippen LogP contribution is -2.38. The molecule has 3 rings (SSSR count). The summed E-state index contributed by atoms with van der Waals surface area (Å²) in [5.41, 5.74) is 2.33. The SMILES string of the molecule is Cc1cc(NC(=O)CN2CCC(c3ccccc3)CC2)n(C)n1. The second kappa shape index (κ2) is 6.96. The van der Waals surface area contributed by atoms with Gasteiger partial charge in [-0.1, -0.05) is 30.3 Å². The Labute approximate surface area is 137 Å². The van der Waals surface area contributed by atoms with Crippen LogP contribution in [0.1, 0.15) is 30.0 Å². The quantitative estimate of drug-likeness (QED) is 0.944. The Morgan fingerprint density at radius 3 is 2.57 bits per heavy atom. The lowest BCUT2D eigenvalue weighted by atomic mass is 9.89. The van der Waals surface area contributed by atoms with Gasteiger partial charge in [0.1, 0.15) is 5.82 Å². The molecule has 1 saturated heterocycles. The molecule has 0 spiro atoms. The summed E-state index contributed by atoms with van der Waals surface area (Å²) in [5.74, 6) is 1.41. The smallest absolute Gasteiger partial charge is 0.239 e. The molecule has 2 aromatic rings. The van der Waals surface area contributed by atoms with E-state index in [0.29, 0.717) is 12.5 Å². The summed E-state index contributed by atoms with van der Waals surface area (Å²) in [7, 11) is 1.84. The number of nitrogens with one attached hydrogen (secondary N) is 1. The van der Waals surface area contributed by atoms with E-state index in [0.717, 1.165) is 37.4 Å². The number of carbonyl (C=O) groups is 1. The highest BCUT2D eigenvalue weighted by molar-refractivity contribution is 5.91. The van der Waals surface area contributed by atoms with Crippen LogP contribution in [0.3, 0.4) is 0 Å². The number of hydrogen-bond acceptors (Lipinski definition) is 3. The van der Waals surface area contributed by atoms with E-state index in [1.165, 1.54) is 5.56 Å². The van der Waals surface area contributed by atoms with Gasteiger partial charge in [-0.25, -0.2) is 0 Å². The standard InChI is InChI=1S/C18H24N4O/c1-14-12-17(21(2)20-14)19-18(23)13-22-10-8-16(9-11-22)15-6-4-3-5-7-15/h3-7,12,16H,8-11,13H2,1-2H3,(H,19,23). The molecule has 0 aliphatic carbocycles. The predicted molar refractivity (Wildman–Crippen MR) is 91.4 cm³/mol. The summed E-state index contributed by atoms with van der Waals surface area (Å²) < 4.78 is 1.70. The van der Waals surface area contributed by atoms with Crippen LogP contribution in [0.25, 0.3) is 0 Å². The third-order valence-electron chi connectivity index (χ3n) is 4.50. The zero-order valence-corrected chi connectivity index (χ0v) is 13.8. The fourth-order valence-electron chi connectivity index (χ4n) is 3.26. The molecule has 1 N–H and O–H groups in total. The van der Waals surface area contributed by atoms with Crippen LogP contribution in [-0.2, 0) is 11.8 Å². The van der Waals surface area contributed by atoms with E-state index in [4.69, 9.17) is 0 Å². The molecule has 0 saturated carbocycles. The van der Waals surface area contributed by atoms with Crippen molar-refractivity contribution in [1.82, 2.24) is 14.7 Å². The number of piperidine rings is 1. The lowest BCUT2D eigenvalue weighted by molar-refractivity contribution is -0.117. The number of hydrogen-bond donors (Lipinski definition) is 1. The topological polar surface area (TPSA) is 50.2 Å². The highest BCUT2D eigenvalue weighted by Gasteiger charge is 2.22. The van der Waals surface area contributed by atoms with E-state index in [-0.39, 0.29) is 5.91 Å². The van der Waals surface area contributed by atoms with Gasteiger partial charge in [0.05, 0.1) is 12.2 Å². The van der Waals surface area contributed by atoms with E-state index in [9.17, 15) is 4.79 Å². The summed E-state index contributed by atoms with van der Waals surface area (Å²) in [6.45, 7) is 4.31. The van der Waals surface area contributed by atoms with Gasteiger partial charge in [0.2, 0.25) is 5.91 Å². The molecule has 1 fully saturated rings. The summed E-state index contributed by atoms with van der Waals surface area (Å²) >= 11 is 0. The number of likely N-dealkylation sites (tertiary alicyclic amines) is 1. The molecule has 23 heavy (non-hydrogen) atoms. The molecule has 0 atom stereocenters. The van der Waals surface area contributed by atoms with Gasteiger partial charge < -0.3 is 5.32 Å². The van der Waals surface area contributed by atoms with Crippen LogP contribution in [0.2, 0.25) is 0 Å². The maximum Gasteiger partial charge on any atom is 0.239 e. The normalized spacial score (nSPS) is 16.4. The molecule has 122 valence electrons. The molecule has 0 radical (unpaired) electrons. The molecule has 0 unspecified atom stereocenters. The predicted octanol–water partition coefficient (Wildman–Crippen LogP) is 2.55. The van der Waals surface area contributed by atoms with Crippen molar-refractivity contribution in [2.75, 3.05) is 25.0 Å². The van der Waals surface area contributed by atoms with Crippen molar-refractivity contribution in [3.63, 3.8) is 0 Å². The number of benzene rings is 1. The fraction of sp³-hybridized carbons (Fsp3) is 0.444. The van der Waals surface area contributed by atoms with E-state index in [1.54, 1.807) is 4.68 Å². The van der Waals surface area contributed by atoms with Crippen LogP contribution < -0.4 is 5.32 Å². The molecule has 1 aliphatic heterocycles. The van der Waals surface area contributed by atoms with E-state index in [2.05, 4.69) is 45.6 Å². The van der Waals surface area contributed by atoms with E-state index >= 15 is 0 Å². The minimum absolute atomic E-state index is 0.0335. The number of rotatable bonds is 4.